The number of carboxylic acid groups (broad SMARTS) is 1. The lowest BCUT2D eigenvalue weighted by atomic mass is 9.96. The highest BCUT2D eigenvalue weighted by atomic mass is 19.4. The van der Waals surface area contributed by atoms with Gasteiger partial charge in [-0.05, 0) is 42.3 Å². The standard InChI is InChI=1S/C21H18F3N5O3/c1-2-20(32,21(22,23)24)17-12-28(27-26-17)11-13-5-7-29-15(8-13)9-16(19(30)31)18(29)14-4-3-6-25-10-14/h3-10,12,32H,2,11H2,1H3,(H,30,31). The van der Waals surface area contributed by atoms with E-state index in [2.05, 4.69) is 15.3 Å². The Kier molecular flexibility index (Phi) is 5.21. The zero-order chi connectivity index (χ0) is 23.1. The highest BCUT2D eigenvalue weighted by Gasteiger charge is 2.55. The van der Waals surface area contributed by atoms with Crippen molar-refractivity contribution in [2.24, 2.45) is 0 Å². The summed E-state index contributed by atoms with van der Waals surface area (Å²) in [5, 5.41) is 26.9. The zero-order valence-electron chi connectivity index (χ0n) is 16.8. The zero-order valence-corrected chi connectivity index (χ0v) is 16.8. The summed E-state index contributed by atoms with van der Waals surface area (Å²) >= 11 is 0. The summed E-state index contributed by atoms with van der Waals surface area (Å²) in [5.41, 5.74) is -1.23. The van der Waals surface area contributed by atoms with E-state index in [4.69, 9.17) is 0 Å². The van der Waals surface area contributed by atoms with Crippen LogP contribution in [0.25, 0.3) is 16.8 Å². The van der Waals surface area contributed by atoms with Gasteiger partial charge in [-0.1, -0.05) is 12.1 Å². The van der Waals surface area contributed by atoms with Gasteiger partial charge in [-0.25, -0.2) is 9.48 Å². The van der Waals surface area contributed by atoms with Crippen LogP contribution in [-0.2, 0) is 12.1 Å². The molecule has 0 aliphatic carbocycles. The third kappa shape index (κ3) is 3.60. The summed E-state index contributed by atoms with van der Waals surface area (Å²) in [6.45, 7) is 1.30. The number of halogens is 3. The Morgan fingerprint density at radius 1 is 1.22 bits per heavy atom. The molecule has 1 atom stereocenters. The van der Waals surface area contributed by atoms with Crippen LogP contribution < -0.4 is 0 Å². The van der Waals surface area contributed by atoms with Crippen molar-refractivity contribution in [3.8, 4) is 11.3 Å². The number of hydrogen-bond donors (Lipinski definition) is 2. The molecule has 4 rings (SSSR count). The molecule has 0 saturated carbocycles. The van der Waals surface area contributed by atoms with Crippen LogP contribution in [0.5, 0.6) is 0 Å². The molecule has 4 aromatic heterocycles. The van der Waals surface area contributed by atoms with Gasteiger partial charge in [0, 0.05) is 29.7 Å². The highest BCUT2D eigenvalue weighted by molar-refractivity contribution is 5.97. The van der Waals surface area contributed by atoms with Crippen molar-refractivity contribution in [2.75, 3.05) is 0 Å². The monoisotopic (exact) mass is 445 g/mol. The number of carboxylic acids is 1. The molecule has 0 saturated heterocycles. The number of carbonyl (C=O) groups is 1. The van der Waals surface area contributed by atoms with Gasteiger partial charge in [0.1, 0.15) is 5.69 Å². The van der Waals surface area contributed by atoms with Crippen LogP contribution in [-0.4, -0.2) is 46.7 Å². The lowest BCUT2D eigenvalue weighted by molar-refractivity contribution is -0.269. The van der Waals surface area contributed by atoms with Crippen LogP contribution in [0.1, 0.15) is 35.0 Å². The average molecular weight is 445 g/mol. The van der Waals surface area contributed by atoms with Crippen molar-refractivity contribution < 1.29 is 28.2 Å². The van der Waals surface area contributed by atoms with Crippen molar-refractivity contribution in [1.82, 2.24) is 24.4 Å². The lowest BCUT2D eigenvalue weighted by Crippen LogP contribution is -2.42. The van der Waals surface area contributed by atoms with Crippen LogP contribution in [0, 0.1) is 0 Å². The van der Waals surface area contributed by atoms with Crippen LogP contribution in [0.3, 0.4) is 0 Å². The Labute approximate surface area is 179 Å². The summed E-state index contributed by atoms with van der Waals surface area (Å²) in [6, 6.07) is 8.39. The quantitative estimate of drug-likeness (QED) is 0.471. The van der Waals surface area contributed by atoms with Crippen molar-refractivity contribution in [3.05, 3.63) is 71.9 Å². The predicted octanol–water partition coefficient (Wildman–Crippen LogP) is 3.50. The van der Waals surface area contributed by atoms with E-state index in [0.717, 1.165) is 6.20 Å². The van der Waals surface area contributed by atoms with Gasteiger partial charge in [-0.15, -0.1) is 5.10 Å². The van der Waals surface area contributed by atoms with E-state index < -0.39 is 29.9 Å². The van der Waals surface area contributed by atoms with Gasteiger partial charge in [-0.2, -0.15) is 13.2 Å². The molecule has 4 heterocycles. The number of alkyl halides is 3. The second-order valence-electron chi connectivity index (χ2n) is 7.30. The van der Waals surface area contributed by atoms with Gasteiger partial charge < -0.3 is 14.6 Å². The van der Waals surface area contributed by atoms with Gasteiger partial charge >= 0.3 is 12.1 Å². The minimum atomic E-state index is -4.89. The Hall–Kier alpha value is -3.73. The fourth-order valence-electron chi connectivity index (χ4n) is 3.56. The molecule has 0 radical (unpaired) electrons. The summed E-state index contributed by atoms with van der Waals surface area (Å²) in [4.78, 5) is 15.8. The van der Waals surface area contributed by atoms with Crippen LogP contribution >= 0.6 is 0 Å². The van der Waals surface area contributed by atoms with Crippen molar-refractivity contribution in [1.29, 1.82) is 0 Å². The first-order valence-electron chi connectivity index (χ1n) is 9.61. The van der Waals surface area contributed by atoms with Gasteiger partial charge in [0.25, 0.3) is 0 Å². The maximum absolute atomic E-state index is 13.3. The second kappa shape index (κ2) is 7.75. The number of aromatic carboxylic acids is 1. The number of nitrogens with zero attached hydrogens (tertiary/aromatic N) is 5. The van der Waals surface area contributed by atoms with Gasteiger partial charge in [0.05, 0.1) is 24.0 Å². The number of fused-ring (bicyclic) bond motifs is 1. The first-order chi connectivity index (χ1) is 15.1. The number of rotatable bonds is 6. The molecule has 0 aromatic carbocycles. The second-order valence-corrected chi connectivity index (χ2v) is 7.30. The third-order valence-corrected chi connectivity index (χ3v) is 5.29. The van der Waals surface area contributed by atoms with Gasteiger partial charge in [0.15, 0.2) is 0 Å². The molecule has 0 amide bonds. The molecule has 0 fully saturated rings. The van der Waals surface area contributed by atoms with Crippen molar-refractivity contribution in [2.45, 2.75) is 31.7 Å². The molecular formula is C21H18F3N5O3. The smallest absolute Gasteiger partial charge is 0.423 e. The average Bonchev–Trinajstić information content (AvgIpc) is 3.37. The van der Waals surface area contributed by atoms with Crippen LogP contribution in [0.15, 0.2) is 55.1 Å². The molecule has 8 nitrogen and oxygen atoms in total. The maximum atomic E-state index is 13.3. The lowest BCUT2D eigenvalue weighted by Gasteiger charge is -2.26. The largest absolute Gasteiger partial charge is 0.478 e. The van der Waals surface area contributed by atoms with Crippen molar-refractivity contribution >= 4 is 11.5 Å². The van der Waals surface area contributed by atoms with E-state index in [9.17, 15) is 28.2 Å². The summed E-state index contributed by atoms with van der Waals surface area (Å²) < 4.78 is 42.7. The summed E-state index contributed by atoms with van der Waals surface area (Å²) in [5.74, 6) is -1.10. The summed E-state index contributed by atoms with van der Waals surface area (Å²) in [6.07, 6.45) is 0.402. The Morgan fingerprint density at radius 3 is 2.62 bits per heavy atom. The molecule has 166 valence electrons. The maximum Gasteiger partial charge on any atom is 0.423 e. The fraction of sp³-hybridized carbons (Fsp3) is 0.238. The van der Waals surface area contributed by atoms with E-state index in [-0.39, 0.29) is 12.1 Å². The fourth-order valence-corrected chi connectivity index (χ4v) is 3.56. The van der Waals surface area contributed by atoms with Crippen LogP contribution in [0.4, 0.5) is 13.2 Å². The van der Waals surface area contributed by atoms with E-state index in [1.165, 1.54) is 17.7 Å². The molecular weight excluding hydrogens is 427 g/mol. The molecule has 0 bridgehead atoms. The number of pyridine rings is 2. The SMILES string of the molecule is CCC(O)(c1cn(Cc2ccn3c(-c4cccnc4)c(C(=O)O)cc3c2)nn1)C(F)(F)F. The summed E-state index contributed by atoms with van der Waals surface area (Å²) in [7, 11) is 0. The molecule has 32 heavy (non-hydrogen) atoms. The molecule has 2 N–H and O–H groups in total. The normalized spacial score (nSPS) is 13.9. The van der Waals surface area contributed by atoms with E-state index >= 15 is 0 Å². The first-order valence-corrected chi connectivity index (χ1v) is 9.61. The molecule has 4 aromatic rings. The van der Waals surface area contributed by atoms with E-state index in [1.807, 2.05) is 0 Å². The van der Waals surface area contributed by atoms with Crippen LogP contribution in [0.2, 0.25) is 0 Å². The molecule has 0 aliphatic rings. The van der Waals surface area contributed by atoms with Gasteiger partial charge in [-0.3, -0.25) is 4.98 Å². The Balaban J connectivity index is 1.69. The number of hydrogen-bond acceptors (Lipinski definition) is 5. The third-order valence-electron chi connectivity index (χ3n) is 5.29. The Bertz CT molecular complexity index is 1280. The minimum Gasteiger partial charge on any atom is -0.478 e. The predicted molar refractivity (Wildman–Crippen MR) is 107 cm³/mol. The topological polar surface area (TPSA) is 106 Å². The highest BCUT2D eigenvalue weighted by Crippen LogP contribution is 2.40. The van der Waals surface area contributed by atoms with E-state index in [0.29, 0.717) is 22.3 Å². The Morgan fingerprint density at radius 2 is 2.00 bits per heavy atom. The number of aromatic nitrogens is 5. The van der Waals surface area contributed by atoms with Gasteiger partial charge in [0.2, 0.25) is 5.60 Å². The molecule has 0 aliphatic heterocycles. The number of aliphatic hydroxyl groups is 1. The van der Waals surface area contributed by atoms with E-state index in [1.54, 1.807) is 47.3 Å². The first kappa shape index (κ1) is 21.5. The molecule has 11 heteroatoms. The van der Waals surface area contributed by atoms with Crippen molar-refractivity contribution in [3.63, 3.8) is 0 Å². The molecule has 0 spiro atoms. The molecule has 1 unspecified atom stereocenters. The minimum absolute atomic E-state index is 0.0803.